The monoisotopic (exact) mass is 550 g/mol. The number of rotatable bonds is 7. The van der Waals surface area contributed by atoms with E-state index in [1.165, 1.54) is 26.2 Å². The Bertz CT molecular complexity index is 1190. The third kappa shape index (κ3) is 5.37. The van der Waals surface area contributed by atoms with Gasteiger partial charge >= 0.3 is 0 Å². The van der Waals surface area contributed by atoms with E-state index in [9.17, 15) is 5.11 Å². The number of hydrogen-bond acceptors (Lipinski definition) is 6. The summed E-state index contributed by atoms with van der Waals surface area (Å²) in [4.78, 5) is 2.68. The lowest BCUT2D eigenvalue weighted by atomic mass is 9.44. The molecule has 0 aromatic heterocycles. The number of halogens is 1. The predicted octanol–water partition coefficient (Wildman–Crippen LogP) is 5.34. The zero-order valence-corrected chi connectivity index (χ0v) is 24.7. The fourth-order valence-electron chi connectivity index (χ4n) is 8.12. The molecule has 2 saturated carbocycles. The molecule has 2 heterocycles. The molecule has 7 heteroatoms. The normalized spacial score (nSPS) is 32.9. The second kappa shape index (κ2) is 10.9. The number of aliphatic hydroxyl groups is 1. The first kappa shape index (κ1) is 28.2. The lowest BCUT2D eigenvalue weighted by Gasteiger charge is -2.63. The van der Waals surface area contributed by atoms with E-state index in [4.69, 9.17) is 21.6 Å². The van der Waals surface area contributed by atoms with Gasteiger partial charge in [0.2, 0.25) is 0 Å². The highest BCUT2D eigenvalue weighted by Crippen LogP contribution is 2.62. The number of likely N-dealkylation sites (tertiary alicyclic amines) is 1. The maximum atomic E-state index is 10.8. The number of ether oxygens (including phenoxy) is 1. The molecule has 0 bridgehead atoms. The molecule has 0 radical (unpaired) electrons. The van der Waals surface area contributed by atoms with E-state index in [0.717, 1.165) is 43.2 Å². The second-order valence-corrected chi connectivity index (χ2v) is 13.7. The Morgan fingerprint density at radius 3 is 2.44 bits per heavy atom. The molecule has 1 aromatic rings. The summed E-state index contributed by atoms with van der Waals surface area (Å²) in [6.45, 7) is 13.8. The Labute approximate surface area is 239 Å². The van der Waals surface area contributed by atoms with Crippen molar-refractivity contribution < 1.29 is 9.84 Å². The van der Waals surface area contributed by atoms with Crippen molar-refractivity contribution in [2.75, 3.05) is 33.2 Å². The van der Waals surface area contributed by atoms with Gasteiger partial charge in [-0.05, 0) is 74.6 Å². The summed E-state index contributed by atoms with van der Waals surface area (Å²) in [7, 11) is 1.86. The number of nitrogens with zero attached hydrogens (tertiary/aromatic N) is 2. The Balaban J connectivity index is 1.14. The number of benzene rings is 1. The minimum atomic E-state index is -0.0604. The first-order chi connectivity index (χ1) is 18.5. The molecule has 5 rings (SSSR count). The molecule has 4 fully saturated rings. The molecule has 2 aliphatic carbocycles. The third-order valence-corrected chi connectivity index (χ3v) is 10.5. The Morgan fingerprint density at radius 2 is 1.85 bits per heavy atom. The number of fused-ring (bicyclic) bond motifs is 1. The van der Waals surface area contributed by atoms with E-state index in [2.05, 4.69) is 61.1 Å². The highest BCUT2D eigenvalue weighted by Gasteiger charge is 2.62. The van der Waals surface area contributed by atoms with Crippen LogP contribution in [0.5, 0.6) is 5.75 Å². The van der Waals surface area contributed by atoms with Gasteiger partial charge in [0.25, 0.3) is 0 Å². The molecule has 1 aromatic carbocycles. The van der Waals surface area contributed by atoms with Gasteiger partial charge in [0, 0.05) is 49.0 Å². The van der Waals surface area contributed by atoms with Crippen LogP contribution in [0.4, 0.5) is 0 Å². The summed E-state index contributed by atoms with van der Waals surface area (Å²) in [5.41, 5.74) is 1.14. The van der Waals surface area contributed by atoms with E-state index in [-0.39, 0.29) is 22.7 Å². The number of hydrogen-bond donors (Lipinski definition) is 3. The van der Waals surface area contributed by atoms with E-state index < -0.39 is 0 Å². The summed E-state index contributed by atoms with van der Waals surface area (Å²) in [6.07, 6.45) is 3.92. The first-order valence-electron chi connectivity index (χ1n) is 14.5. The average Bonchev–Trinajstić information content (AvgIpc) is 3.46. The molecule has 4 aliphatic rings. The molecular weight excluding hydrogens is 508 g/mol. The van der Waals surface area contributed by atoms with Crippen LogP contribution in [0.15, 0.2) is 29.7 Å². The molecule has 2 atom stereocenters. The summed E-state index contributed by atoms with van der Waals surface area (Å²) >= 11 is 6.23. The zero-order valence-electron chi connectivity index (χ0n) is 24.0. The van der Waals surface area contributed by atoms with Crippen LogP contribution in [-0.4, -0.2) is 55.4 Å². The topological polar surface area (TPSA) is 80.5 Å². The molecule has 2 saturated heterocycles. The van der Waals surface area contributed by atoms with Gasteiger partial charge in [-0.2, -0.15) is 5.26 Å². The largest absolute Gasteiger partial charge is 0.499 e. The molecule has 0 amide bonds. The van der Waals surface area contributed by atoms with Crippen molar-refractivity contribution in [2.24, 2.45) is 34.5 Å². The van der Waals surface area contributed by atoms with Crippen molar-refractivity contribution in [1.29, 1.82) is 5.26 Å². The molecule has 3 N–H and O–H groups in total. The van der Waals surface area contributed by atoms with Gasteiger partial charge in [-0.3, -0.25) is 4.90 Å². The average molecular weight is 551 g/mol. The molecule has 210 valence electrons. The standard InChI is InChI=1S/C32H43ClN4O2/c1-31(2)29(32(3,4)30(31)39-25-8-7-21(15-34)26(33)14-25)11-9-27(35-5)28(38)10-6-20-12-24(13-20)37-18-22-16-36-17-23(22)19-37/h7-8,14,20,22-24,29-30,35-36,38H,9,11-13,16-19H2,1-5H3/b28-27+. The van der Waals surface area contributed by atoms with Gasteiger partial charge in [0.1, 0.15) is 17.9 Å². The lowest BCUT2D eigenvalue weighted by Crippen LogP contribution is -2.65. The maximum absolute atomic E-state index is 10.8. The van der Waals surface area contributed by atoms with Gasteiger partial charge in [0.15, 0.2) is 5.76 Å². The van der Waals surface area contributed by atoms with Gasteiger partial charge in [0.05, 0.1) is 16.3 Å². The summed E-state index contributed by atoms with van der Waals surface area (Å²) in [5, 5.41) is 27.1. The molecular formula is C32H43ClN4O2. The van der Waals surface area contributed by atoms with Crippen molar-refractivity contribution in [1.82, 2.24) is 15.5 Å². The quantitative estimate of drug-likeness (QED) is 0.314. The molecule has 39 heavy (non-hydrogen) atoms. The highest BCUT2D eigenvalue weighted by molar-refractivity contribution is 6.31. The minimum Gasteiger partial charge on any atom is -0.499 e. The minimum absolute atomic E-state index is 0.00686. The van der Waals surface area contributed by atoms with E-state index in [0.29, 0.717) is 34.2 Å². The number of nitriles is 1. The van der Waals surface area contributed by atoms with E-state index in [1.54, 1.807) is 12.1 Å². The predicted molar refractivity (Wildman–Crippen MR) is 155 cm³/mol. The molecule has 2 unspecified atom stereocenters. The van der Waals surface area contributed by atoms with E-state index >= 15 is 0 Å². The fourth-order valence-corrected chi connectivity index (χ4v) is 8.33. The number of allylic oxidation sites excluding steroid dienone is 2. The van der Waals surface area contributed by atoms with Crippen molar-refractivity contribution >= 4 is 11.6 Å². The van der Waals surface area contributed by atoms with E-state index in [1.807, 2.05) is 13.1 Å². The van der Waals surface area contributed by atoms with Crippen LogP contribution in [0.25, 0.3) is 0 Å². The van der Waals surface area contributed by atoms with Gasteiger partial charge in [-0.15, -0.1) is 0 Å². The third-order valence-electron chi connectivity index (χ3n) is 10.2. The Hall–Kier alpha value is -2.38. The Kier molecular flexibility index (Phi) is 7.86. The van der Waals surface area contributed by atoms with Crippen LogP contribution in [0.3, 0.4) is 0 Å². The lowest BCUT2D eigenvalue weighted by molar-refractivity contribution is -0.200. The number of nitrogens with one attached hydrogen (secondary N) is 2. The van der Waals surface area contributed by atoms with Crippen molar-refractivity contribution in [3.05, 3.63) is 40.2 Å². The van der Waals surface area contributed by atoms with Crippen LogP contribution < -0.4 is 15.4 Å². The maximum Gasteiger partial charge on any atom is 0.186 e. The SMILES string of the molecule is CN/C(CCC1C(C)(C)C(Oc2ccc(C#N)c(Cl)c2)C1(C)C)=C(/O)C#CC1CC(N2CC3CNCC3C2)C1. The molecule has 0 spiro atoms. The molecule has 2 aliphatic heterocycles. The van der Waals surface area contributed by atoms with Crippen LogP contribution in [-0.2, 0) is 0 Å². The Morgan fingerprint density at radius 1 is 1.18 bits per heavy atom. The first-order valence-corrected chi connectivity index (χ1v) is 14.8. The second-order valence-electron chi connectivity index (χ2n) is 13.3. The molecule has 6 nitrogen and oxygen atoms in total. The summed E-state index contributed by atoms with van der Waals surface area (Å²) < 4.78 is 6.42. The van der Waals surface area contributed by atoms with Gasteiger partial charge < -0.3 is 20.5 Å². The van der Waals surface area contributed by atoms with Crippen molar-refractivity contribution in [3.8, 4) is 23.7 Å². The van der Waals surface area contributed by atoms with Crippen LogP contribution >= 0.6 is 11.6 Å². The van der Waals surface area contributed by atoms with Crippen molar-refractivity contribution in [2.45, 2.75) is 65.5 Å². The zero-order chi connectivity index (χ0) is 27.9. The van der Waals surface area contributed by atoms with Gasteiger partial charge in [-0.25, -0.2) is 0 Å². The summed E-state index contributed by atoms with van der Waals surface area (Å²) in [6, 6.07) is 8.03. The van der Waals surface area contributed by atoms with Gasteiger partial charge in [-0.1, -0.05) is 45.2 Å². The fraction of sp³-hybridized carbons (Fsp3) is 0.656. The smallest absolute Gasteiger partial charge is 0.186 e. The van der Waals surface area contributed by atoms with Crippen LogP contribution in [0, 0.1) is 57.7 Å². The summed E-state index contributed by atoms with van der Waals surface area (Å²) in [5.74, 6) is 9.74. The number of aliphatic hydroxyl groups excluding tert-OH is 1. The van der Waals surface area contributed by atoms with Crippen LogP contribution in [0.1, 0.15) is 58.9 Å². The van der Waals surface area contributed by atoms with Crippen molar-refractivity contribution in [3.63, 3.8) is 0 Å². The highest BCUT2D eigenvalue weighted by atomic mass is 35.5. The van der Waals surface area contributed by atoms with Crippen LogP contribution in [0.2, 0.25) is 5.02 Å².